The number of benzene rings is 1. The number of nitrogens with zero attached hydrogens (tertiary/aromatic N) is 1. The summed E-state index contributed by atoms with van der Waals surface area (Å²) < 4.78 is 5.30. The Bertz CT molecular complexity index is 749. The molecule has 1 aromatic carbocycles. The fraction of sp³-hybridized carbons (Fsp3) is 0.444. The number of likely N-dealkylation sites (tertiary alicyclic amines) is 1. The quantitative estimate of drug-likeness (QED) is 0.851. The van der Waals surface area contributed by atoms with Gasteiger partial charge in [0.25, 0.3) is 5.91 Å². The molecule has 2 atom stereocenters. The van der Waals surface area contributed by atoms with Gasteiger partial charge in [-0.25, -0.2) is 4.79 Å². The van der Waals surface area contributed by atoms with Gasteiger partial charge in [-0.2, -0.15) is 0 Å². The summed E-state index contributed by atoms with van der Waals surface area (Å²) in [4.78, 5) is 26.8. The lowest BCUT2D eigenvalue weighted by molar-refractivity contribution is 0.0437. The molecule has 0 N–H and O–H groups in total. The van der Waals surface area contributed by atoms with E-state index in [1.165, 1.54) is 0 Å². The Morgan fingerprint density at radius 2 is 2.09 bits per heavy atom. The summed E-state index contributed by atoms with van der Waals surface area (Å²) in [6.45, 7) is 4.17. The monoisotopic (exact) mass is 299 g/mol. The third kappa shape index (κ3) is 2.54. The summed E-state index contributed by atoms with van der Waals surface area (Å²) >= 11 is 0. The minimum Gasteiger partial charge on any atom is -0.417 e. The molecule has 1 aromatic heterocycles. The van der Waals surface area contributed by atoms with Crippen LogP contribution >= 0.6 is 0 Å². The molecular formula is C18H21NO3. The van der Waals surface area contributed by atoms with E-state index >= 15 is 0 Å². The Hall–Kier alpha value is -2.10. The molecule has 1 amide bonds. The number of amides is 1. The molecule has 1 aliphatic rings. The molecule has 1 fully saturated rings. The zero-order valence-electron chi connectivity index (χ0n) is 13.0. The second kappa shape index (κ2) is 5.95. The second-order valence-electron chi connectivity index (χ2n) is 6.04. The molecule has 116 valence electrons. The lowest BCUT2D eigenvalue weighted by Gasteiger charge is -2.40. The average molecular weight is 299 g/mol. The Labute approximate surface area is 129 Å². The summed E-state index contributed by atoms with van der Waals surface area (Å²) in [7, 11) is 0. The van der Waals surface area contributed by atoms with Crippen LogP contribution in [0.25, 0.3) is 10.8 Å². The van der Waals surface area contributed by atoms with Crippen LogP contribution in [0.2, 0.25) is 0 Å². The van der Waals surface area contributed by atoms with Crippen LogP contribution in [0.4, 0.5) is 0 Å². The van der Waals surface area contributed by atoms with E-state index in [0.717, 1.165) is 31.1 Å². The molecule has 0 unspecified atom stereocenters. The van der Waals surface area contributed by atoms with Crippen LogP contribution in [0.5, 0.6) is 0 Å². The lowest BCUT2D eigenvalue weighted by Crippen LogP contribution is -2.48. The first-order chi connectivity index (χ1) is 10.6. The van der Waals surface area contributed by atoms with Crippen molar-refractivity contribution in [3.8, 4) is 0 Å². The van der Waals surface area contributed by atoms with Crippen molar-refractivity contribution in [1.29, 1.82) is 0 Å². The van der Waals surface area contributed by atoms with Crippen molar-refractivity contribution in [2.45, 2.75) is 51.6 Å². The second-order valence-corrected chi connectivity index (χ2v) is 6.04. The largest absolute Gasteiger partial charge is 0.417 e. The summed E-state index contributed by atoms with van der Waals surface area (Å²) in [6, 6.07) is 9.30. The first-order valence-electron chi connectivity index (χ1n) is 7.97. The SMILES string of the molecule is CC[C@@H]1CCC[C@H](C)N1C(=O)c1cc2ccccc2c(=O)o1. The Kier molecular flexibility index (Phi) is 4.01. The van der Waals surface area contributed by atoms with Gasteiger partial charge in [0.1, 0.15) is 0 Å². The maximum absolute atomic E-state index is 12.9. The first kappa shape index (κ1) is 14.8. The van der Waals surface area contributed by atoms with Crippen molar-refractivity contribution in [1.82, 2.24) is 4.90 Å². The Morgan fingerprint density at radius 1 is 1.32 bits per heavy atom. The van der Waals surface area contributed by atoms with Crippen LogP contribution in [0.1, 0.15) is 50.1 Å². The predicted octanol–water partition coefficient (Wildman–Crippen LogP) is 3.59. The number of fused-ring (bicyclic) bond motifs is 1. The van der Waals surface area contributed by atoms with Crippen LogP contribution in [0, 0.1) is 0 Å². The van der Waals surface area contributed by atoms with Gasteiger partial charge in [0, 0.05) is 12.1 Å². The Morgan fingerprint density at radius 3 is 2.86 bits per heavy atom. The lowest BCUT2D eigenvalue weighted by atomic mass is 9.94. The minimum atomic E-state index is -0.445. The molecule has 0 saturated carbocycles. The van der Waals surface area contributed by atoms with Gasteiger partial charge in [-0.05, 0) is 50.1 Å². The molecule has 3 rings (SSSR count). The molecule has 1 aliphatic heterocycles. The molecule has 1 saturated heterocycles. The van der Waals surface area contributed by atoms with E-state index in [2.05, 4.69) is 13.8 Å². The van der Waals surface area contributed by atoms with Gasteiger partial charge in [-0.1, -0.05) is 25.1 Å². The van der Waals surface area contributed by atoms with Gasteiger partial charge in [-0.15, -0.1) is 0 Å². The zero-order valence-corrected chi connectivity index (χ0v) is 13.0. The summed E-state index contributed by atoms with van der Waals surface area (Å²) in [5, 5.41) is 1.26. The third-order valence-corrected chi connectivity index (χ3v) is 4.61. The smallest absolute Gasteiger partial charge is 0.344 e. The molecule has 0 aliphatic carbocycles. The van der Waals surface area contributed by atoms with Gasteiger partial charge in [0.15, 0.2) is 5.76 Å². The normalized spacial score (nSPS) is 22.0. The number of carbonyl (C=O) groups is 1. The van der Waals surface area contributed by atoms with Crippen LogP contribution in [0.3, 0.4) is 0 Å². The molecule has 0 radical (unpaired) electrons. The fourth-order valence-corrected chi connectivity index (χ4v) is 3.42. The van der Waals surface area contributed by atoms with E-state index in [1.807, 2.05) is 17.0 Å². The van der Waals surface area contributed by atoms with Gasteiger partial charge in [-0.3, -0.25) is 4.79 Å². The minimum absolute atomic E-state index is 0.149. The van der Waals surface area contributed by atoms with Crippen LogP contribution in [-0.2, 0) is 0 Å². The van der Waals surface area contributed by atoms with Gasteiger partial charge in [0.2, 0.25) is 0 Å². The maximum Gasteiger partial charge on any atom is 0.344 e. The highest BCUT2D eigenvalue weighted by Crippen LogP contribution is 2.27. The fourth-order valence-electron chi connectivity index (χ4n) is 3.42. The number of piperidine rings is 1. The van der Waals surface area contributed by atoms with Crippen molar-refractivity contribution in [2.75, 3.05) is 0 Å². The molecule has 0 bridgehead atoms. The van der Waals surface area contributed by atoms with E-state index in [1.54, 1.807) is 18.2 Å². The zero-order chi connectivity index (χ0) is 15.7. The maximum atomic E-state index is 12.9. The van der Waals surface area contributed by atoms with Crippen LogP contribution in [0.15, 0.2) is 39.5 Å². The number of hydrogen-bond donors (Lipinski definition) is 0. The molecule has 4 nitrogen and oxygen atoms in total. The highest BCUT2D eigenvalue weighted by Gasteiger charge is 2.32. The molecule has 4 heteroatoms. The summed E-state index contributed by atoms with van der Waals surface area (Å²) in [5.74, 6) is -0.0159. The molecule has 0 spiro atoms. The molecule has 2 aromatic rings. The van der Waals surface area contributed by atoms with Gasteiger partial charge < -0.3 is 9.32 Å². The van der Waals surface area contributed by atoms with Gasteiger partial charge >= 0.3 is 5.63 Å². The number of hydrogen-bond acceptors (Lipinski definition) is 3. The first-order valence-corrected chi connectivity index (χ1v) is 7.97. The van der Waals surface area contributed by atoms with Crippen molar-refractivity contribution in [2.24, 2.45) is 0 Å². The number of carbonyl (C=O) groups excluding carboxylic acids is 1. The third-order valence-electron chi connectivity index (χ3n) is 4.61. The molecular weight excluding hydrogens is 278 g/mol. The van der Waals surface area contributed by atoms with Crippen molar-refractivity contribution < 1.29 is 9.21 Å². The average Bonchev–Trinajstić information content (AvgIpc) is 2.54. The van der Waals surface area contributed by atoms with Crippen molar-refractivity contribution in [3.63, 3.8) is 0 Å². The van der Waals surface area contributed by atoms with Crippen molar-refractivity contribution >= 4 is 16.7 Å². The molecule has 2 heterocycles. The highest BCUT2D eigenvalue weighted by molar-refractivity contribution is 5.95. The van der Waals surface area contributed by atoms with E-state index in [-0.39, 0.29) is 23.8 Å². The molecule has 22 heavy (non-hydrogen) atoms. The predicted molar refractivity (Wildman–Crippen MR) is 86.0 cm³/mol. The standard InChI is InChI=1S/C18H21NO3/c1-3-14-9-6-7-12(2)19(14)17(20)16-11-13-8-4-5-10-15(13)18(21)22-16/h4-5,8,10-12,14H,3,6-7,9H2,1-2H3/t12-,14+/m0/s1. The van der Waals surface area contributed by atoms with Gasteiger partial charge in [0.05, 0.1) is 5.39 Å². The Balaban J connectivity index is 2.02. The van der Waals surface area contributed by atoms with E-state index in [4.69, 9.17) is 4.42 Å². The van der Waals surface area contributed by atoms with Crippen molar-refractivity contribution in [3.05, 3.63) is 46.5 Å². The van der Waals surface area contributed by atoms with E-state index in [0.29, 0.717) is 5.39 Å². The topological polar surface area (TPSA) is 50.5 Å². The van der Waals surface area contributed by atoms with E-state index < -0.39 is 5.63 Å². The highest BCUT2D eigenvalue weighted by atomic mass is 16.4. The summed E-state index contributed by atoms with van der Waals surface area (Å²) in [6.07, 6.45) is 4.09. The van der Waals surface area contributed by atoms with Crippen LogP contribution < -0.4 is 5.63 Å². The van der Waals surface area contributed by atoms with E-state index in [9.17, 15) is 9.59 Å². The van der Waals surface area contributed by atoms with Crippen LogP contribution in [-0.4, -0.2) is 22.9 Å². The summed E-state index contributed by atoms with van der Waals surface area (Å²) in [5.41, 5.74) is -0.445. The number of rotatable bonds is 2.